The number of ether oxygens (including phenoxy) is 4. The molecule has 1 spiro atoms. The molecule has 0 unspecified atom stereocenters. The van der Waals surface area contributed by atoms with Crippen LogP contribution < -0.4 is 0 Å². The zero-order valence-corrected chi connectivity index (χ0v) is 17.7. The van der Waals surface area contributed by atoms with Crippen molar-refractivity contribution in [3.8, 4) is 0 Å². The molecule has 0 aromatic heterocycles. The summed E-state index contributed by atoms with van der Waals surface area (Å²) in [4.78, 5) is 25.5. The van der Waals surface area contributed by atoms with Gasteiger partial charge in [0, 0.05) is 0 Å². The molecule has 0 N–H and O–H groups in total. The van der Waals surface area contributed by atoms with Crippen molar-refractivity contribution in [1.82, 2.24) is 14.2 Å². The van der Waals surface area contributed by atoms with Gasteiger partial charge in [-0.15, -0.1) is 0 Å². The summed E-state index contributed by atoms with van der Waals surface area (Å²) in [5, 5.41) is 8.11. The number of nitrogens with zero attached hydrogens (tertiary/aromatic N) is 5. The number of amides is 2. The minimum absolute atomic E-state index is 0.0489. The average Bonchev–Trinajstić information content (AvgIpc) is 3.14. The van der Waals surface area contributed by atoms with E-state index in [0.29, 0.717) is 0 Å². The van der Waals surface area contributed by atoms with E-state index in [1.165, 1.54) is 18.8 Å². The second kappa shape index (κ2) is 8.23. The van der Waals surface area contributed by atoms with Gasteiger partial charge in [-0.1, -0.05) is 0 Å². The molecular weight excluding hydrogens is 397 g/mol. The van der Waals surface area contributed by atoms with Gasteiger partial charge >= 0.3 is 162 Å². The van der Waals surface area contributed by atoms with E-state index in [1.807, 2.05) is 0 Å². The first-order chi connectivity index (χ1) is 13.3. The van der Waals surface area contributed by atoms with E-state index < -0.39 is 19.7 Å². The van der Waals surface area contributed by atoms with Crippen LogP contribution in [0.4, 0.5) is 9.59 Å². The van der Waals surface area contributed by atoms with Crippen molar-refractivity contribution in [3.05, 3.63) is 0 Å². The Balaban J connectivity index is 2.67. The number of carbonyl (C=O) groups excluding carboxylic acids is 2. The predicted molar refractivity (Wildman–Crippen MR) is 98.6 cm³/mol. The van der Waals surface area contributed by atoms with Crippen molar-refractivity contribution in [2.45, 2.75) is 27.7 Å². The topological polar surface area (TPSA) is 124 Å². The van der Waals surface area contributed by atoms with E-state index in [-0.39, 0.29) is 38.6 Å². The second-order valence-electron chi connectivity index (χ2n) is 5.44. The molecule has 0 saturated carbocycles. The summed E-state index contributed by atoms with van der Waals surface area (Å²) in [7, 11) is -1.81. The SMILES string of the molecule is CCOC(=O)N1N=C(OCC)OP12(N(C)C)OC(OCC)=NN2C(=O)OCC. The average molecular weight is 423 g/mol. The summed E-state index contributed by atoms with van der Waals surface area (Å²) < 4.78 is 35.8. The zero-order chi connectivity index (χ0) is 21.0. The molecule has 2 amide bonds. The van der Waals surface area contributed by atoms with Gasteiger partial charge in [-0.3, -0.25) is 0 Å². The summed E-state index contributed by atoms with van der Waals surface area (Å²) in [5.74, 6) is 0. The number of carbonyl (C=O) groups is 2. The number of rotatable bonds is 5. The quantitative estimate of drug-likeness (QED) is 0.612. The molecule has 2 aliphatic heterocycles. The predicted octanol–water partition coefficient (Wildman–Crippen LogP) is 2.27. The standard InChI is InChI=1S/C14H26N5O8P/c1-7-22-11-15-18(13(20)24-9-3)28(26-11,17(5)6)19(14(21)25-10-4)16-12(27-28)23-8-2/h7-10H2,1-6H3. The summed E-state index contributed by atoms with van der Waals surface area (Å²) in [6, 6.07) is 0. The van der Waals surface area contributed by atoms with E-state index in [2.05, 4.69) is 10.2 Å². The fourth-order valence-corrected chi connectivity index (χ4v) is 5.82. The van der Waals surface area contributed by atoms with Crippen molar-refractivity contribution in [1.29, 1.82) is 0 Å². The van der Waals surface area contributed by atoms with Crippen molar-refractivity contribution >= 4 is 31.9 Å². The molecule has 0 aromatic rings. The number of hydrogen-bond donors (Lipinski definition) is 0. The van der Waals surface area contributed by atoms with Gasteiger partial charge in [0.2, 0.25) is 0 Å². The molecule has 0 aromatic carbocycles. The van der Waals surface area contributed by atoms with Gasteiger partial charge in [0.15, 0.2) is 0 Å². The fourth-order valence-electron chi connectivity index (χ4n) is 2.45. The number of hydrogen-bond acceptors (Lipinski definition) is 11. The van der Waals surface area contributed by atoms with Crippen LogP contribution >= 0.6 is 7.51 Å². The van der Waals surface area contributed by atoms with Crippen LogP contribution in [0.15, 0.2) is 10.2 Å². The Kier molecular flexibility index (Phi) is 6.40. The Bertz CT molecular complexity index is 633. The Labute approximate surface area is 162 Å². The van der Waals surface area contributed by atoms with E-state index in [9.17, 15) is 9.59 Å². The van der Waals surface area contributed by atoms with Gasteiger partial charge in [-0.25, -0.2) is 0 Å². The van der Waals surface area contributed by atoms with E-state index in [4.69, 9.17) is 28.0 Å². The Morgan fingerprint density at radius 2 is 1.25 bits per heavy atom. The molecule has 14 heteroatoms. The molecular formula is C14H26N5O8P. The maximum absolute atomic E-state index is 12.8. The van der Waals surface area contributed by atoms with Gasteiger partial charge in [0.1, 0.15) is 0 Å². The molecule has 0 radical (unpaired) electrons. The van der Waals surface area contributed by atoms with Crippen molar-refractivity contribution in [2.75, 3.05) is 40.5 Å². The van der Waals surface area contributed by atoms with Gasteiger partial charge in [-0.05, 0) is 0 Å². The molecule has 0 aliphatic carbocycles. The summed E-state index contributed by atoms with van der Waals surface area (Å²) in [6.07, 6.45) is -2.43. The van der Waals surface area contributed by atoms with E-state index in [1.54, 1.807) is 27.7 Å². The Morgan fingerprint density at radius 3 is 1.54 bits per heavy atom. The van der Waals surface area contributed by atoms with Crippen LogP contribution in [0.25, 0.3) is 0 Å². The van der Waals surface area contributed by atoms with Crippen LogP contribution in [0.2, 0.25) is 0 Å². The first-order valence-electron chi connectivity index (χ1n) is 8.77. The van der Waals surface area contributed by atoms with Crippen LogP contribution in [-0.4, -0.2) is 79.1 Å². The second-order valence-corrected chi connectivity index (χ2v) is 9.03. The van der Waals surface area contributed by atoms with Gasteiger partial charge in [0.05, 0.1) is 0 Å². The van der Waals surface area contributed by atoms with E-state index >= 15 is 0 Å². The molecule has 160 valence electrons. The first-order valence-corrected chi connectivity index (χ1v) is 10.7. The molecule has 28 heavy (non-hydrogen) atoms. The zero-order valence-electron chi connectivity index (χ0n) is 16.8. The third-order valence-electron chi connectivity index (χ3n) is 3.56. The van der Waals surface area contributed by atoms with E-state index in [0.717, 1.165) is 9.56 Å². The first kappa shape index (κ1) is 21.8. The summed E-state index contributed by atoms with van der Waals surface area (Å²) in [6.45, 7) is 7.13. The fraction of sp³-hybridized carbons (Fsp3) is 0.714. The summed E-state index contributed by atoms with van der Waals surface area (Å²) in [5.41, 5.74) is 0. The van der Waals surface area contributed by atoms with Crippen LogP contribution in [0, 0.1) is 0 Å². The van der Waals surface area contributed by atoms with Crippen molar-refractivity contribution in [2.24, 2.45) is 10.2 Å². The Hall–Kier alpha value is -2.53. The Morgan fingerprint density at radius 1 is 0.857 bits per heavy atom. The summed E-state index contributed by atoms with van der Waals surface area (Å²) >= 11 is 0. The monoisotopic (exact) mass is 423 g/mol. The van der Waals surface area contributed by atoms with Crippen LogP contribution in [0.1, 0.15) is 27.7 Å². The van der Waals surface area contributed by atoms with Crippen LogP contribution in [0.3, 0.4) is 0 Å². The van der Waals surface area contributed by atoms with Crippen LogP contribution in [0.5, 0.6) is 0 Å². The van der Waals surface area contributed by atoms with Gasteiger partial charge in [0.25, 0.3) is 0 Å². The van der Waals surface area contributed by atoms with Crippen molar-refractivity contribution < 1.29 is 37.6 Å². The van der Waals surface area contributed by atoms with Crippen molar-refractivity contribution in [3.63, 3.8) is 0 Å². The maximum atomic E-state index is 12.8. The van der Waals surface area contributed by atoms with Gasteiger partial charge < -0.3 is 0 Å². The molecule has 2 aliphatic rings. The minimum atomic E-state index is -4.87. The normalized spacial score (nSPS) is 20.5. The van der Waals surface area contributed by atoms with Crippen LogP contribution in [-0.2, 0) is 28.0 Å². The molecule has 0 bridgehead atoms. The molecule has 2 heterocycles. The molecule has 2 rings (SSSR count). The number of hydrazone groups is 2. The molecule has 13 nitrogen and oxygen atoms in total. The third-order valence-corrected chi connectivity index (χ3v) is 7.68. The van der Waals surface area contributed by atoms with Gasteiger partial charge in [-0.2, -0.15) is 0 Å². The molecule has 0 atom stereocenters. The molecule has 0 saturated heterocycles. The molecule has 0 fully saturated rings. The third kappa shape index (κ3) is 3.14.